The van der Waals surface area contributed by atoms with Gasteiger partial charge in [0.1, 0.15) is 5.82 Å². The van der Waals surface area contributed by atoms with Gasteiger partial charge < -0.3 is 4.43 Å². The number of nitrogens with zero attached hydrogens (tertiary/aromatic N) is 1. The highest BCUT2D eigenvalue weighted by atomic mass is 28.2. The number of pyridine rings is 1. The van der Waals surface area contributed by atoms with Crippen molar-refractivity contribution in [2.24, 2.45) is 0 Å². The van der Waals surface area contributed by atoms with Crippen LogP contribution in [0.3, 0.4) is 0 Å². The Hall–Kier alpha value is -1.52. The van der Waals surface area contributed by atoms with E-state index in [9.17, 15) is 4.39 Å². The van der Waals surface area contributed by atoms with E-state index in [-0.39, 0.29) is 16.5 Å². The molecule has 0 atom stereocenters. The molecule has 0 spiro atoms. The minimum Gasteiger partial charge on any atom is -0.408 e. The first-order valence-electron chi connectivity index (χ1n) is 7.81. The molecule has 2 aromatic rings. The van der Waals surface area contributed by atoms with Crippen LogP contribution < -0.4 is 0 Å². The molecule has 4 heteroatoms. The van der Waals surface area contributed by atoms with Gasteiger partial charge in [-0.15, -0.1) is 0 Å². The second-order valence-electron chi connectivity index (χ2n) is 7.31. The number of aromatic nitrogens is 1. The van der Waals surface area contributed by atoms with Crippen LogP contribution in [0.4, 0.5) is 4.39 Å². The second kappa shape index (κ2) is 6.93. The number of rotatable bonds is 5. The van der Waals surface area contributed by atoms with Crippen molar-refractivity contribution < 1.29 is 8.82 Å². The third-order valence-electron chi connectivity index (χ3n) is 3.43. The van der Waals surface area contributed by atoms with Gasteiger partial charge in [0, 0.05) is 23.9 Å². The molecular weight excluding hydrogens is 305 g/mol. The Morgan fingerprint density at radius 1 is 1.00 bits per heavy atom. The molecule has 0 aliphatic rings. The number of hydrogen-bond acceptors (Lipinski definition) is 2. The van der Waals surface area contributed by atoms with Gasteiger partial charge in [0.15, 0.2) is 0 Å². The normalized spacial score (nSPS) is 12.4. The van der Waals surface area contributed by atoms with Gasteiger partial charge >= 0.3 is 0 Å². The molecule has 0 aliphatic heterocycles. The predicted molar refractivity (Wildman–Crippen MR) is 93.0 cm³/mol. The molecule has 0 bridgehead atoms. The highest BCUT2D eigenvalue weighted by molar-refractivity contribution is 6.31. The quantitative estimate of drug-likeness (QED) is 0.728. The summed E-state index contributed by atoms with van der Waals surface area (Å²) in [5, 5.41) is 0.160. The predicted octanol–water partition coefficient (Wildman–Crippen LogP) is 4.90. The third kappa shape index (κ3) is 5.55. The monoisotopic (exact) mass is 329 g/mol. The van der Waals surface area contributed by atoms with Crippen molar-refractivity contribution >= 4 is 9.76 Å². The Morgan fingerprint density at radius 2 is 1.65 bits per heavy atom. The number of halogens is 1. The smallest absolute Gasteiger partial charge is 0.236 e. The van der Waals surface area contributed by atoms with Gasteiger partial charge in [0.2, 0.25) is 9.76 Å². The van der Waals surface area contributed by atoms with Crippen LogP contribution in [0.1, 0.15) is 51.4 Å². The molecule has 0 aliphatic carbocycles. The van der Waals surface area contributed by atoms with Gasteiger partial charge in [0.05, 0.1) is 5.60 Å². The molecule has 2 nitrogen and oxygen atoms in total. The highest BCUT2D eigenvalue weighted by Crippen LogP contribution is 2.29. The van der Waals surface area contributed by atoms with Gasteiger partial charge in [-0.1, -0.05) is 39.0 Å². The maximum atomic E-state index is 12.9. The maximum absolute atomic E-state index is 12.9. The van der Waals surface area contributed by atoms with Gasteiger partial charge in [-0.05, 0) is 42.6 Å². The van der Waals surface area contributed by atoms with Gasteiger partial charge in [-0.3, -0.25) is 4.98 Å². The summed E-state index contributed by atoms with van der Waals surface area (Å²) < 4.78 is 19.0. The Morgan fingerprint density at radius 3 is 2.17 bits per heavy atom. The Balaban J connectivity index is 2.04. The van der Waals surface area contributed by atoms with Crippen LogP contribution in [0.5, 0.6) is 0 Å². The second-order valence-corrected chi connectivity index (χ2v) is 9.21. The van der Waals surface area contributed by atoms with E-state index in [0.29, 0.717) is 16.2 Å². The minimum atomic E-state index is -0.354. The van der Waals surface area contributed by atoms with Crippen molar-refractivity contribution in [3.8, 4) is 0 Å². The van der Waals surface area contributed by atoms with Crippen LogP contribution in [-0.2, 0) is 16.4 Å². The fraction of sp³-hybridized carbons (Fsp3) is 0.421. The zero-order valence-electron chi connectivity index (χ0n) is 14.5. The standard InChI is InChI=1S/C19H24FNOSi/c1-18(2,3)23-22-19(4,5)15-8-11-17(21-13-15)12-14-6-9-16(20)10-7-14/h6-11,13H,12H2,1-5H3. The Kier molecular flexibility index (Phi) is 5.37. The molecule has 0 unspecified atom stereocenters. The first kappa shape index (κ1) is 17.8. The lowest BCUT2D eigenvalue weighted by Crippen LogP contribution is -2.27. The largest absolute Gasteiger partial charge is 0.408 e. The van der Waals surface area contributed by atoms with E-state index in [4.69, 9.17) is 4.43 Å². The fourth-order valence-corrected chi connectivity index (χ4v) is 2.72. The summed E-state index contributed by atoms with van der Waals surface area (Å²) in [4.78, 5) is 4.54. The molecule has 0 saturated carbocycles. The lowest BCUT2D eigenvalue weighted by Gasteiger charge is -2.29. The summed E-state index contributed by atoms with van der Waals surface area (Å²) in [7, 11) is 0.429. The Labute approximate surface area is 141 Å². The van der Waals surface area contributed by atoms with Gasteiger partial charge in [0.25, 0.3) is 0 Å². The van der Waals surface area contributed by atoms with Crippen molar-refractivity contribution in [2.45, 2.75) is 51.7 Å². The van der Waals surface area contributed by atoms with E-state index >= 15 is 0 Å². The molecule has 2 radical (unpaired) electrons. The summed E-state index contributed by atoms with van der Waals surface area (Å²) in [5.41, 5.74) is 2.73. The molecule has 122 valence electrons. The average Bonchev–Trinajstić information content (AvgIpc) is 2.48. The fourth-order valence-electron chi connectivity index (χ4n) is 2.04. The number of hydrogen-bond donors (Lipinski definition) is 0. The summed E-state index contributed by atoms with van der Waals surface area (Å²) in [6.45, 7) is 10.7. The van der Waals surface area contributed by atoms with E-state index in [1.165, 1.54) is 12.1 Å². The van der Waals surface area contributed by atoms with Crippen molar-refractivity contribution in [3.05, 3.63) is 65.2 Å². The molecule has 0 fully saturated rings. The summed E-state index contributed by atoms with van der Waals surface area (Å²) in [6.07, 6.45) is 2.58. The van der Waals surface area contributed by atoms with Crippen molar-refractivity contribution in [1.82, 2.24) is 4.98 Å². The van der Waals surface area contributed by atoms with Crippen LogP contribution in [0, 0.1) is 5.82 Å². The van der Waals surface area contributed by atoms with E-state index < -0.39 is 0 Å². The molecule has 0 saturated heterocycles. The minimum absolute atomic E-state index is 0.160. The van der Waals surface area contributed by atoms with Crippen molar-refractivity contribution in [3.63, 3.8) is 0 Å². The molecule has 1 aromatic carbocycles. The van der Waals surface area contributed by atoms with E-state index in [2.05, 4.69) is 45.7 Å². The van der Waals surface area contributed by atoms with E-state index in [1.54, 1.807) is 12.1 Å². The topological polar surface area (TPSA) is 22.1 Å². The lowest BCUT2D eigenvalue weighted by atomic mass is 9.99. The molecule has 0 N–H and O–H groups in total. The lowest BCUT2D eigenvalue weighted by molar-refractivity contribution is 0.109. The highest BCUT2D eigenvalue weighted by Gasteiger charge is 2.25. The van der Waals surface area contributed by atoms with Gasteiger partial charge in [-0.25, -0.2) is 4.39 Å². The van der Waals surface area contributed by atoms with Gasteiger partial charge in [-0.2, -0.15) is 0 Å². The summed E-state index contributed by atoms with van der Waals surface area (Å²) >= 11 is 0. The van der Waals surface area contributed by atoms with E-state index in [0.717, 1.165) is 16.8 Å². The summed E-state index contributed by atoms with van der Waals surface area (Å²) in [6, 6.07) is 10.6. The molecule has 23 heavy (non-hydrogen) atoms. The number of benzene rings is 1. The molecule has 1 heterocycles. The van der Waals surface area contributed by atoms with Crippen molar-refractivity contribution in [1.29, 1.82) is 0 Å². The zero-order chi connectivity index (χ0) is 17.1. The van der Waals surface area contributed by atoms with Crippen LogP contribution in [0.25, 0.3) is 0 Å². The molecule has 2 rings (SSSR count). The van der Waals surface area contributed by atoms with Crippen LogP contribution in [-0.4, -0.2) is 14.7 Å². The summed E-state index contributed by atoms with van der Waals surface area (Å²) in [5.74, 6) is -0.212. The van der Waals surface area contributed by atoms with Crippen LogP contribution in [0.15, 0.2) is 42.6 Å². The van der Waals surface area contributed by atoms with E-state index in [1.807, 2.05) is 12.3 Å². The molecular formula is C19H24FNOSi. The third-order valence-corrected chi connectivity index (χ3v) is 4.66. The maximum Gasteiger partial charge on any atom is 0.236 e. The average molecular weight is 329 g/mol. The SMILES string of the molecule is CC(C)(C)[Si]OC(C)(C)c1ccc(Cc2ccc(F)cc2)nc1. The molecule has 0 amide bonds. The zero-order valence-corrected chi connectivity index (χ0v) is 15.5. The van der Waals surface area contributed by atoms with Crippen LogP contribution >= 0.6 is 0 Å². The molecule has 1 aromatic heterocycles. The first-order chi connectivity index (χ1) is 10.7. The first-order valence-corrected chi connectivity index (χ1v) is 8.72. The van der Waals surface area contributed by atoms with Crippen molar-refractivity contribution in [2.75, 3.05) is 0 Å². The van der Waals surface area contributed by atoms with Crippen LogP contribution in [0.2, 0.25) is 5.04 Å². The Bertz CT molecular complexity index is 630.